The van der Waals surface area contributed by atoms with Gasteiger partial charge in [0.25, 0.3) is 0 Å². The molecule has 1 amide bonds. The molecule has 1 aliphatic heterocycles. The summed E-state index contributed by atoms with van der Waals surface area (Å²) in [5.74, 6) is 0.184. The van der Waals surface area contributed by atoms with Crippen molar-refractivity contribution in [3.63, 3.8) is 0 Å². The van der Waals surface area contributed by atoms with Crippen LogP contribution in [0.15, 0.2) is 60.9 Å². The number of amides is 1. The second-order valence-electron chi connectivity index (χ2n) is 7.06. The molecule has 1 saturated heterocycles. The zero-order chi connectivity index (χ0) is 18.8. The minimum atomic E-state index is -0.0838. The zero-order valence-electron chi connectivity index (χ0n) is 15.4. The molecule has 1 atom stereocenters. The maximum absolute atomic E-state index is 12.8. The van der Waals surface area contributed by atoms with E-state index in [0.717, 1.165) is 33.9 Å². The number of rotatable bonds is 4. The van der Waals surface area contributed by atoms with Crippen LogP contribution in [0.5, 0.6) is 0 Å². The van der Waals surface area contributed by atoms with E-state index in [4.69, 9.17) is 0 Å². The second-order valence-corrected chi connectivity index (χ2v) is 7.06. The van der Waals surface area contributed by atoms with Crippen molar-refractivity contribution in [3.8, 4) is 11.1 Å². The highest BCUT2D eigenvalue weighted by molar-refractivity contribution is 5.99. The summed E-state index contributed by atoms with van der Waals surface area (Å²) in [4.78, 5) is 30.6. The van der Waals surface area contributed by atoms with Gasteiger partial charge < -0.3 is 4.90 Å². The first kappa shape index (κ1) is 17.4. The number of nitrogens with zero attached hydrogens (tertiary/aromatic N) is 2. The molecule has 0 spiro atoms. The van der Waals surface area contributed by atoms with E-state index in [9.17, 15) is 9.59 Å². The molecule has 0 N–H and O–H groups in total. The first-order chi connectivity index (χ1) is 13.2. The minimum Gasteiger partial charge on any atom is -0.342 e. The molecule has 3 aromatic rings. The fraction of sp³-hybridized carbons (Fsp3) is 0.261. The number of benzene rings is 2. The smallest absolute Gasteiger partial charge is 0.222 e. The number of hydrogen-bond donors (Lipinski definition) is 0. The maximum atomic E-state index is 12.8. The molecule has 1 unspecified atom stereocenters. The van der Waals surface area contributed by atoms with E-state index in [-0.39, 0.29) is 17.6 Å². The van der Waals surface area contributed by atoms with Crippen molar-refractivity contribution in [1.29, 1.82) is 0 Å². The van der Waals surface area contributed by atoms with Crippen molar-refractivity contribution in [2.75, 3.05) is 13.1 Å². The van der Waals surface area contributed by atoms with E-state index in [2.05, 4.69) is 23.2 Å². The Labute approximate surface area is 158 Å². The lowest BCUT2D eigenvalue weighted by molar-refractivity contribution is -0.129. The Morgan fingerprint density at radius 3 is 2.59 bits per heavy atom. The van der Waals surface area contributed by atoms with Crippen LogP contribution in [-0.4, -0.2) is 34.7 Å². The average molecular weight is 358 g/mol. The molecular formula is C23H22N2O2. The van der Waals surface area contributed by atoms with Crippen molar-refractivity contribution in [3.05, 3.63) is 66.5 Å². The van der Waals surface area contributed by atoms with Crippen LogP contribution in [0.2, 0.25) is 0 Å². The van der Waals surface area contributed by atoms with E-state index >= 15 is 0 Å². The molecule has 1 aromatic heterocycles. The molecule has 4 rings (SSSR count). The van der Waals surface area contributed by atoms with Gasteiger partial charge in [0.1, 0.15) is 0 Å². The van der Waals surface area contributed by atoms with Crippen molar-refractivity contribution in [1.82, 2.24) is 9.88 Å². The highest BCUT2D eigenvalue weighted by Gasteiger charge is 2.30. The van der Waals surface area contributed by atoms with E-state index in [1.165, 1.54) is 0 Å². The largest absolute Gasteiger partial charge is 0.342 e. The monoisotopic (exact) mass is 358 g/mol. The predicted octanol–water partition coefficient (Wildman–Crippen LogP) is 4.34. The zero-order valence-corrected chi connectivity index (χ0v) is 15.4. The van der Waals surface area contributed by atoms with Crippen LogP contribution in [0.25, 0.3) is 21.9 Å². The first-order valence-electron chi connectivity index (χ1n) is 9.42. The van der Waals surface area contributed by atoms with Crippen LogP contribution >= 0.6 is 0 Å². The lowest BCUT2D eigenvalue weighted by Crippen LogP contribution is -2.29. The normalized spacial score (nSPS) is 16.6. The van der Waals surface area contributed by atoms with Crippen molar-refractivity contribution in [2.45, 2.75) is 19.8 Å². The lowest BCUT2D eigenvalue weighted by atomic mass is 9.94. The summed E-state index contributed by atoms with van der Waals surface area (Å²) in [5, 5.41) is 2.26. The fourth-order valence-corrected chi connectivity index (χ4v) is 3.75. The fourth-order valence-electron chi connectivity index (χ4n) is 3.75. The molecule has 4 nitrogen and oxygen atoms in total. The van der Waals surface area contributed by atoms with Crippen LogP contribution in [0.4, 0.5) is 0 Å². The molecule has 0 radical (unpaired) electrons. The highest BCUT2D eigenvalue weighted by Crippen LogP contribution is 2.26. The molecule has 136 valence electrons. The van der Waals surface area contributed by atoms with Gasteiger partial charge in [-0.15, -0.1) is 0 Å². The molecule has 1 aliphatic rings. The third kappa shape index (κ3) is 3.47. The van der Waals surface area contributed by atoms with Gasteiger partial charge in [-0.05, 0) is 35.1 Å². The molecule has 2 heterocycles. The van der Waals surface area contributed by atoms with Crippen LogP contribution in [-0.2, 0) is 4.79 Å². The number of Topliss-reactive ketones (excluding diaryl/α,β-unsaturated/α-hetero) is 1. The quantitative estimate of drug-likeness (QED) is 0.652. The third-order valence-corrected chi connectivity index (χ3v) is 5.36. The van der Waals surface area contributed by atoms with Crippen molar-refractivity contribution in [2.24, 2.45) is 5.92 Å². The molecular weight excluding hydrogens is 336 g/mol. The SMILES string of the molecule is CCC(=O)N1CCC(C(=O)c2ccc(-c3ccc4cnccc4c3)cc2)C1. The van der Waals surface area contributed by atoms with Gasteiger partial charge in [0.05, 0.1) is 0 Å². The second kappa shape index (κ2) is 7.31. The molecule has 4 heteroatoms. The van der Waals surface area contributed by atoms with Gasteiger partial charge >= 0.3 is 0 Å². The lowest BCUT2D eigenvalue weighted by Gasteiger charge is -2.15. The van der Waals surface area contributed by atoms with Gasteiger partial charge in [0, 0.05) is 48.8 Å². The van der Waals surface area contributed by atoms with Crippen molar-refractivity contribution >= 4 is 22.5 Å². The van der Waals surface area contributed by atoms with E-state index in [0.29, 0.717) is 19.5 Å². The van der Waals surface area contributed by atoms with Crippen LogP contribution in [0.1, 0.15) is 30.1 Å². The summed E-state index contributed by atoms with van der Waals surface area (Å²) in [6.45, 7) is 3.10. The Balaban J connectivity index is 1.51. The Morgan fingerprint density at radius 2 is 1.81 bits per heavy atom. The third-order valence-electron chi connectivity index (χ3n) is 5.36. The summed E-state index contributed by atoms with van der Waals surface area (Å²) in [7, 11) is 0. The average Bonchev–Trinajstić information content (AvgIpc) is 3.22. The van der Waals surface area contributed by atoms with Gasteiger partial charge in [0.2, 0.25) is 5.91 Å². The number of hydrogen-bond acceptors (Lipinski definition) is 3. The van der Waals surface area contributed by atoms with Gasteiger partial charge in [0.15, 0.2) is 5.78 Å². The molecule has 2 aromatic carbocycles. The van der Waals surface area contributed by atoms with E-state index in [1.807, 2.05) is 43.5 Å². The highest BCUT2D eigenvalue weighted by atomic mass is 16.2. The van der Waals surface area contributed by atoms with Crippen molar-refractivity contribution < 1.29 is 9.59 Å². The molecule has 0 bridgehead atoms. The maximum Gasteiger partial charge on any atom is 0.222 e. The summed E-state index contributed by atoms with van der Waals surface area (Å²) in [6.07, 6.45) is 4.90. The van der Waals surface area contributed by atoms with Gasteiger partial charge in [-0.1, -0.05) is 43.3 Å². The van der Waals surface area contributed by atoms with Crippen LogP contribution < -0.4 is 0 Å². The minimum absolute atomic E-state index is 0.0838. The summed E-state index contributed by atoms with van der Waals surface area (Å²) in [5.41, 5.74) is 2.92. The van der Waals surface area contributed by atoms with Gasteiger partial charge in [-0.2, -0.15) is 0 Å². The van der Waals surface area contributed by atoms with E-state index in [1.54, 1.807) is 11.1 Å². The number of ketones is 1. The standard InChI is InChI=1S/C23H22N2O2/c1-2-22(26)25-12-10-21(15-25)23(27)17-5-3-16(4-6-17)18-7-8-20-14-24-11-9-19(20)13-18/h3-9,11,13-14,21H,2,10,12,15H2,1H3. The van der Waals surface area contributed by atoms with Gasteiger partial charge in [-0.25, -0.2) is 0 Å². The topological polar surface area (TPSA) is 50.3 Å². The molecule has 27 heavy (non-hydrogen) atoms. The summed E-state index contributed by atoms with van der Waals surface area (Å²) >= 11 is 0. The number of fused-ring (bicyclic) bond motifs is 1. The number of pyridine rings is 1. The number of likely N-dealkylation sites (tertiary alicyclic amines) is 1. The first-order valence-corrected chi connectivity index (χ1v) is 9.42. The molecule has 0 aliphatic carbocycles. The number of carbonyl (C=O) groups is 2. The number of carbonyl (C=O) groups excluding carboxylic acids is 2. The summed E-state index contributed by atoms with van der Waals surface area (Å²) < 4.78 is 0. The van der Waals surface area contributed by atoms with E-state index < -0.39 is 0 Å². The Bertz CT molecular complexity index is 995. The Morgan fingerprint density at radius 1 is 1.04 bits per heavy atom. The van der Waals surface area contributed by atoms with Crippen LogP contribution in [0, 0.1) is 5.92 Å². The Hall–Kier alpha value is -3.01. The summed E-state index contributed by atoms with van der Waals surface area (Å²) in [6, 6.07) is 16.1. The number of aromatic nitrogens is 1. The predicted molar refractivity (Wildman–Crippen MR) is 106 cm³/mol. The van der Waals surface area contributed by atoms with Crippen LogP contribution in [0.3, 0.4) is 0 Å². The molecule has 1 fully saturated rings. The Kier molecular flexibility index (Phi) is 4.71. The van der Waals surface area contributed by atoms with Gasteiger partial charge in [-0.3, -0.25) is 14.6 Å². The molecule has 0 saturated carbocycles.